The summed E-state index contributed by atoms with van der Waals surface area (Å²) in [7, 11) is 1.62. The van der Waals surface area contributed by atoms with Crippen LogP contribution < -0.4 is 10.1 Å². The van der Waals surface area contributed by atoms with E-state index in [-0.39, 0.29) is 11.2 Å². The van der Waals surface area contributed by atoms with Gasteiger partial charge in [-0.1, -0.05) is 26.0 Å². The zero-order chi connectivity index (χ0) is 13.2. The zero-order valence-corrected chi connectivity index (χ0v) is 11.3. The van der Waals surface area contributed by atoms with Crippen LogP contribution in [-0.2, 0) is 0 Å². The van der Waals surface area contributed by atoms with Crippen molar-refractivity contribution in [3.8, 4) is 5.75 Å². The number of hydrogen-bond acceptors (Lipinski definition) is 3. The lowest BCUT2D eigenvalue weighted by Gasteiger charge is -2.31. The summed E-state index contributed by atoms with van der Waals surface area (Å²) in [6.07, 6.45) is 0.917. The molecule has 1 atom stereocenters. The number of ether oxygens (including phenoxy) is 1. The SMILES string of the molecule is COc1cccc(C(=O)C2(C(C)C)CCNC2)c1. The number of benzene rings is 1. The van der Waals surface area contributed by atoms with Crippen LogP contribution in [0.2, 0.25) is 0 Å². The van der Waals surface area contributed by atoms with E-state index < -0.39 is 0 Å². The summed E-state index contributed by atoms with van der Waals surface area (Å²) in [4.78, 5) is 12.8. The number of carbonyl (C=O) groups is 1. The van der Waals surface area contributed by atoms with Crippen molar-refractivity contribution in [1.29, 1.82) is 0 Å². The van der Waals surface area contributed by atoms with Gasteiger partial charge in [-0.2, -0.15) is 0 Å². The minimum absolute atomic E-state index is 0.237. The van der Waals surface area contributed by atoms with Crippen LogP contribution in [0.3, 0.4) is 0 Å². The molecule has 0 amide bonds. The fraction of sp³-hybridized carbons (Fsp3) is 0.533. The van der Waals surface area contributed by atoms with E-state index in [1.165, 1.54) is 0 Å². The molecule has 3 nitrogen and oxygen atoms in total. The molecule has 1 N–H and O–H groups in total. The van der Waals surface area contributed by atoms with E-state index in [1.807, 2.05) is 24.3 Å². The normalized spacial score (nSPS) is 23.3. The molecule has 1 saturated heterocycles. The molecule has 2 rings (SSSR count). The Kier molecular flexibility index (Phi) is 3.71. The summed E-state index contributed by atoms with van der Waals surface area (Å²) in [5.74, 6) is 1.32. The van der Waals surface area contributed by atoms with Crippen molar-refractivity contribution in [3.63, 3.8) is 0 Å². The van der Waals surface area contributed by atoms with Gasteiger partial charge in [-0.15, -0.1) is 0 Å². The summed E-state index contributed by atoms with van der Waals surface area (Å²) in [5.41, 5.74) is 0.499. The van der Waals surface area contributed by atoms with Crippen molar-refractivity contribution in [2.75, 3.05) is 20.2 Å². The predicted octanol–water partition coefficient (Wildman–Crippen LogP) is 2.51. The molecule has 18 heavy (non-hydrogen) atoms. The number of hydrogen-bond donors (Lipinski definition) is 1. The number of methoxy groups -OCH3 is 1. The maximum absolute atomic E-state index is 12.8. The molecule has 1 heterocycles. The molecule has 1 aromatic rings. The fourth-order valence-electron chi connectivity index (χ4n) is 2.71. The maximum atomic E-state index is 12.8. The Balaban J connectivity index is 2.34. The molecule has 0 aliphatic carbocycles. The largest absolute Gasteiger partial charge is 0.497 e. The lowest BCUT2D eigenvalue weighted by atomic mass is 9.71. The first-order valence-electron chi connectivity index (χ1n) is 6.50. The van der Waals surface area contributed by atoms with Crippen molar-refractivity contribution in [3.05, 3.63) is 29.8 Å². The molecule has 0 saturated carbocycles. The number of carbonyl (C=O) groups excluding carboxylic acids is 1. The first-order valence-corrected chi connectivity index (χ1v) is 6.50. The van der Waals surface area contributed by atoms with Crippen LogP contribution in [0, 0.1) is 11.3 Å². The summed E-state index contributed by atoms with van der Waals surface area (Å²) in [6.45, 7) is 5.96. The van der Waals surface area contributed by atoms with Gasteiger partial charge in [-0.05, 0) is 31.0 Å². The first kappa shape index (κ1) is 13.1. The van der Waals surface area contributed by atoms with Gasteiger partial charge >= 0.3 is 0 Å². The Morgan fingerprint density at radius 3 is 2.78 bits per heavy atom. The van der Waals surface area contributed by atoms with Crippen LogP contribution in [0.15, 0.2) is 24.3 Å². The molecule has 1 fully saturated rings. The monoisotopic (exact) mass is 247 g/mol. The predicted molar refractivity (Wildman–Crippen MR) is 72.1 cm³/mol. The third kappa shape index (κ3) is 2.15. The highest BCUT2D eigenvalue weighted by Crippen LogP contribution is 2.37. The van der Waals surface area contributed by atoms with Gasteiger partial charge in [-0.3, -0.25) is 4.79 Å². The Morgan fingerprint density at radius 1 is 1.44 bits per heavy atom. The maximum Gasteiger partial charge on any atom is 0.170 e. The molecule has 98 valence electrons. The lowest BCUT2D eigenvalue weighted by molar-refractivity contribution is 0.0739. The third-order valence-corrected chi connectivity index (χ3v) is 4.08. The molecule has 1 aromatic carbocycles. The van der Waals surface area contributed by atoms with Crippen LogP contribution in [0.1, 0.15) is 30.6 Å². The molecule has 1 unspecified atom stereocenters. The van der Waals surface area contributed by atoms with Crippen molar-refractivity contribution >= 4 is 5.78 Å². The van der Waals surface area contributed by atoms with Gasteiger partial charge in [0.15, 0.2) is 5.78 Å². The van der Waals surface area contributed by atoms with Crippen molar-refractivity contribution in [2.45, 2.75) is 20.3 Å². The van der Waals surface area contributed by atoms with E-state index in [2.05, 4.69) is 19.2 Å². The topological polar surface area (TPSA) is 38.3 Å². The smallest absolute Gasteiger partial charge is 0.170 e. The van der Waals surface area contributed by atoms with E-state index in [1.54, 1.807) is 7.11 Å². The second-order valence-electron chi connectivity index (χ2n) is 5.30. The molecular weight excluding hydrogens is 226 g/mol. The quantitative estimate of drug-likeness (QED) is 0.831. The summed E-state index contributed by atoms with van der Waals surface area (Å²) >= 11 is 0. The number of rotatable bonds is 4. The molecule has 0 radical (unpaired) electrons. The van der Waals surface area contributed by atoms with Gasteiger partial charge in [0.2, 0.25) is 0 Å². The lowest BCUT2D eigenvalue weighted by Crippen LogP contribution is -2.38. The van der Waals surface area contributed by atoms with Crippen LogP contribution in [-0.4, -0.2) is 26.0 Å². The van der Waals surface area contributed by atoms with E-state index in [0.717, 1.165) is 30.8 Å². The molecule has 0 spiro atoms. The minimum atomic E-state index is -0.258. The van der Waals surface area contributed by atoms with Crippen molar-refractivity contribution in [2.24, 2.45) is 11.3 Å². The second-order valence-corrected chi connectivity index (χ2v) is 5.30. The van der Waals surface area contributed by atoms with Crippen molar-refractivity contribution < 1.29 is 9.53 Å². The Morgan fingerprint density at radius 2 is 2.22 bits per heavy atom. The molecule has 3 heteroatoms. The number of Topliss-reactive ketones (excluding diaryl/α,β-unsaturated/α-hetero) is 1. The van der Waals surface area contributed by atoms with Gasteiger partial charge < -0.3 is 10.1 Å². The van der Waals surface area contributed by atoms with Gasteiger partial charge in [0.25, 0.3) is 0 Å². The molecule has 1 aliphatic heterocycles. The summed E-state index contributed by atoms with van der Waals surface area (Å²) in [6, 6.07) is 7.46. The molecule has 0 bridgehead atoms. The Bertz CT molecular complexity index is 434. The average Bonchev–Trinajstić information content (AvgIpc) is 2.88. The Labute approximate surface area is 109 Å². The molecule has 1 aliphatic rings. The number of ketones is 1. The molecule has 0 aromatic heterocycles. The summed E-state index contributed by atoms with van der Waals surface area (Å²) in [5, 5.41) is 3.32. The standard InChI is InChI=1S/C15H21NO2/c1-11(2)15(7-8-16-10-15)14(17)12-5-4-6-13(9-12)18-3/h4-6,9,11,16H,7-8,10H2,1-3H3. The van der Waals surface area contributed by atoms with Crippen LogP contribution in [0.5, 0.6) is 5.75 Å². The summed E-state index contributed by atoms with van der Waals surface area (Å²) < 4.78 is 5.19. The fourth-order valence-corrected chi connectivity index (χ4v) is 2.71. The second kappa shape index (κ2) is 5.11. The van der Waals surface area contributed by atoms with E-state index in [0.29, 0.717) is 5.92 Å². The minimum Gasteiger partial charge on any atom is -0.497 e. The zero-order valence-electron chi connectivity index (χ0n) is 11.3. The molecular formula is C15H21NO2. The first-order chi connectivity index (χ1) is 8.60. The number of nitrogens with one attached hydrogen (secondary N) is 1. The average molecular weight is 247 g/mol. The van der Waals surface area contributed by atoms with E-state index in [9.17, 15) is 4.79 Å². The van der Waals surface area contributed by atoms with Gasteiger partial charge in [0.1, 0.15) is 5.75 Å². The van der Waals surface area contributed by atoms with Crippen molar-refractivity contribution in [1.82, 2.24) is 5.32 Å². The van der Waals surface area contributed by atoms with Crippen LogP contribution >= 0.6 is 0 Å². The van der Waals surface area contributed by atoms with E-state index >= 15 is 0 Å². The third-order valence-electron chi connectivity index (χ3n) is 4.08. The van der Waals surface area contributed by atoms with Gasteiger partial charge in [0, 0.05) is 17.5 Å². The van der Waals surface area contributed by atoms with Crippen LogP contribution in [0.25, 0.3) is 0 Å². The highest BCUT2D eigenvalue weighted by atomic mass is 16.5. The van der Waals surface area contributed by atoms with Gasteiger partial charge in [-0.25, -0.2) is 0 Å². The van der Waals surface area contributed by atoms with E-state index in [4.69, 9.17) is 4.74 Å². The van der Waals surface area contributed by atoms with Gasteiger partial charge in [0.05, 0.1) is 7.11 Å². The Hall–Kier alpha value is -1.35. The van der Waals surface area contributed by atoms with Crippen LogP contribution in [0.4, 0.5) is 0 Å². The highest BCUT2D eigenvalue weighted by Gasteiger charge is 2.43. The highest BCUT2D eigenvalue weighted by molar-refractivity contribution is 6.01.